The van der Waals surface area contributed by atoms with Gasteiger partial charge in [0.1, 0.15) is 29.1 Å². The number of nitro groups is 1. The first-order valence-corrected chi connectivity index (χ1v) is 7.24. The van der Waals surface area contributed by atoms with Crippen LogP contribution in [0.2, 0.25) is 0 Å². The lowest BCUT2D eigenvalue weighted by atomic mass is 10.2. The highest BCUT2D eigenvalue weighted by Crippen LogP contribution is 2.32. The van der Waals surface area contributed by atoms with Gasteiger partial charge in [0.2, 0.25) is 0 Å². The molecule has 1 aromatic heterocycles. The topological polar surface area (TPSA) is 125 Å². The number of ether oxygens (including phenoxy) is 3. The Labute approximate surface area is 148 Å². The lowest BCUT2D eigenvalue weighted by Crippen LogP contribution is -2.19. The monoisotopic (exact) mass is 360 g/mol. The molecule has 0 unspecified atom stereocenters. The van der Waals surface area contributed by atoms with Gasteiger partial charge in [0.15, 0.2) is 0 Å². The minimum Gasteiger partial charge on any atom is -0.496 e. The Hall–Kier alpha value is -3.69. The van der Waals surface area contributed by atoms with Crippen LogP contribution in [0.4, 0.5) is 5.69 Å². The summed E-state index contributed by atoms with van der Waals surface area (Å²) < 4.78 is 15.7. The van der Waals surface area contributed by atoms with Crippen LogP contribution in [-0.4, -0.2) is 43.4 Å². The van der Waals surface area contributed by atoms with Gasteiger partial charge in [0.25, 0.3) is 11.6 Å². The van der Waals surface area contributed by atoms with E-state index >= 15 is 0 Å². The average Bonchev–Trinajstić information content (AvgIpc) is 2.67. The van der Waals surface area contributed by atoms with Crippen LogP contribution in [0.25, 0.3) is 0 Å². The molecule has 0 saturated heterocycles. The van der Waals surface area contributed by atoms with Crippen LogP contribution in [-0.2, 0) is 0 Å². The van der Waals surface area contributed by atoms with E-state index in [4.69, 9.17) is 14.2 Å². The zero-order valence-electron chi connectivity index (χ0n) is 14.3. The SMILES string of the molecule is COc1cc(OC)c(C=NNC(=O)c2ccc([N+](=O)[O-])cn2)c(OC)c1. The van der Waals surface area contributed by atoms with E-state index in [1.165, 1.54) is 39.7 Å². The molecule has 0 spiro atoms. The first-order valence-electron chi connectivity index (χ1n) is 7.24. The van der Waals surface area contributed by atoms with Gasteiger partial charge in [-0.05, 0) is 6.07 Å². The van der Waals surface area contributed by atoms with Crippen LogP contribution in [0.15, 0.2) is 35.6 Å². The summed E-state index contributed by atoms with van der Waals surface area (Å²) in [6.07, 6.45) is 2.34. The zero-order chi connectivity index (χ0) is 19.1. The Balaban J connectivity index is 2.17. The Morgan fingerprint density at radius 2 is 1.85 bits per heavy atom. The largest absolute Gasteiger partial charge is 0.496 e. The van der Waals surface area contributed by atoms with Crippen LogP contribution in [0.5, 0.6) is 17.2 Å². The summed E-state index contributed by atoms with van der Waals surface area (Å²) in [4.78, 5) is 25.7. The fraction of sp³-hybridized carbons (Fsp3) is 0.188. The van der Waals surface area contributed by atoms with Crippen molar-refractivity contribution < 1.29 is 23.9 Å². The second-order valence-electron chi connectivity index (χ2n) is 4.80. The smallest absolute Gasteiger partial charge is 0.289 e. The summed E-state index contributed by atoms with van der Waals surface area (Å²) in [5.74, 6) is 0.790. The van der Waals surface area contributed by atoms with Gasteiger partial charge in [-0.2, -0.15) is 5.10 Å². The molecule has 0 bridgehead atoms. The number of aromatic nitrogens is 1. The van der Waals surface area contributed by atoms with Gasteiger partial charge in [-0.3, -0.25) is 14.9 Å². The summed E-state index contributed by atoms with van der Waals surface area (Å²) in [6, 6.07) is 5.70. The number of nitrogens with zero attached hydrogens (tertiary/aromatic N) is 3. The van der Waals surface area contributed by atoms with Gasteiger partial charge in [0, 0.05) is 18.2 Å². The number of methoxy groups -OCH3 is 3. The molecular formula is C16H16N4O6. The van der Waals surface area contributed by atoms with Gasteiger partial charge >= 0.3 is 0 Å². The second-order valence-corrected chi connectivity index (χ2v) is 4.80. The second kappa shape index (κ2) is 8.42. The average molecular weight is 360 g/mol. The highest BCUT2D eigenvalue weighted by Gasteiger charge is 2.13. The lowest BCUT2D eigenvalue weighted by molar-refractivity contribution is -0.385. The van der Waals surface area contributed by atoms with E-state index < -0.39 is 10.8 Å². The van der Waals surface area contributed by atoms with Gasteiger partial charge in [-0.1, -0.05) is 0 Å². The number of amides is 1. The molecule has 2 rings (SSSR count). The third-order valence-corrected chi connectivity index (χ3v) is 3.30. The van der Waals surface area contributed by atoms with Crippen molar-refractivity contribution in [1.82, 2.24) is 10.4 Å². The maximum atomic E-state index is 12.0. The van der Waals surface area contributed by atoms with Gasteiger partial charge in [0.05, 0.1) is 38.0 Å². The number of carbonyl (C=O) groups is 1. The Morgan fingerprint density at radius 3 is 2.31 bits per heavy atom. The molecular weight excluding hydrogens is 344 g/mol. The van der Waals surface area contributed by atoms with Gasteiger partial charge in [-0.15, -0.1) is 0 Å². The van der Waals surface area contributed by atoms with Crippen LogP contribution < -0.4 is 19.6 Å². The van der Waals surface area contributed by atoms with Crippen LogP contribution >= 0.6 is 0 Å². The number of hydrogen-bond acceptors (Lipinski definition) is 8. The molecule has 0 aliphatic rings. The predicted molar refractivity (Wildman–Crippen MR) is 92.0 cm³/mol. The number of rotatable bonds is 7. The molecule has 0 atom stereocenters. The maximum Gasteiger partial charge on any atom is 0.289 e. The summed E-state index contributed by atoms with van der Waals surface area (Å²) in [7, 11) is 4.47. The van der Waals surface area contributed by atoms with Crippen LogP contribution in [0.1, 0.15) is 16.1 Å². The van der Waals surface area contributed by atoms with Crippen molar-refractivity contribution in [2.45, 2.75) is 0 Å². The molecule has 0 radical (unpaired) electrons. The summed E-state index contributed by atoms with van der Waals surface area (Å²) in [5.41, 5.74) is 2.55. The molecule has 136 valence electrons. The van der Waals surface area contributed by atoms with E-state index in [-0.39, 0.29) is 11.4 Å². The van der Waals surface area contributed by atoms with Crippen molar-refractivity contribution in [3.8, 4) is 17.2 Å². The van der Waals surface area contributed by atoms with Crippen molar-refractivity contribution in [1.29, 1.82) is 0 Å². The summed E-state index contributed by atoms with van der Waals surface area (Å²) in [5, 5.41) is 14.4. The normalized spacial score (nSPS) is 10.4. The summed E-state index contributed by atoms with van der Waals surface area (Å²) >= 11 is 0. The Kier molecular flexibility index (Phi) is 6.04. The molecule has 1 N–H and O–H groups in total. The molecule has 0 aliphatic carbocycles. The molecule has 2 aromatic rings. The standard InChI is InChI=1S/C16H16N4O6/c1-24-11-6-14(25-2)12(15(7-11)26-3)9-18-19-16(21)13-5-4-10(8-17-13)20(22)23/h4-9H,1-3H3,(H,19,21). The first-order chi connectivity index (χ1) is 12.5. The van der Waals surface area contributed by atoms with E-state index in [9.17, 15) is 14.9 Å². The molecule has 10 nitrogen and oxygen atoms in total. The maximum absolute atomic E-state index is 12.0. The number of hydrogen-bond donors (Lipinski definition) is 1. The lowest BCUT2D eigenvalue weighted by Gasteiger charge is -2.12. The highest BCUT2D eigenvalue weighted by atomic mass is 16.6. The van der Waals surface area contributed by atoms with Crippen LogP contribution in [0, 0.1) is 10.1 Å². The minimum atomic E-state index is -0.623. The highest BCUT2D eigenvalue weighted by molar-refractivity contribution is 5.94. The van der Waals surface area contributed by atoms with E-state index in [1.54, 1.807) is 12.1 Å². The molecule has 1 aromatic carbocycles. The number of carbonyl (C=O) groups excluding carboxylic acids is 1. The fourth-order valence-corrected chi connectivity index (χ4v) is 2.00. The van der Waals surface area contributed by atoms with Crippen molar-refractivity contribution in [2.75, 3.05) is 21.3 Å². The van der Waals surface area contributed by atoms with E-state index in [0.717, 1.165) is 6.20 Å². The molecule has 0 saturated carbocycles. The molecule has 10 heteroatoms. The third kappa shape index (κ3) is 4.23. The first kappa shape index (κ1) is 18.6. The minimum absolute atomic E-state index is 0.0126. The fourth-order valence-electron chi connectivity index (χ4n) is 2.00. The Morgan fingerprint density at radius 1 is 1.19 bits per heavy atom. The van der Waals surface area contributed by atoms with E-state index in [1.807, 2.05) is 0 Å². The van der Waals surface area contributed by atoms with Crippen LogP contribution in [0.3, 0.4) is 0 Å². The number of nitrogens with one attached hydrogen (secondary N) is 1. The number of pyridine rings is 1. The molecule has 1 amide bonds. The quantitative estimate of drug-likeness (QED) is 0.453. The van der Waals surface area contributed by atoms with E-state index in [0.29, 0.717) is 22.8 Å². The molecule has 0 fully saturated rings. The molecule has 0 aliphatic heterocycles. The van der Waals surface area contributed by atoms with E-state index in [2.05, 4.69) is 15.5 Å². The van der Waals surface area contributed by atoms with Gasteiger partial charge < -0.3 is 14.2 Å². The van der Waals surface area contributed by atoms with Crippen molar-refractivity contribution in [2.24, 2.45) is 5.10 Å². The van der Waals surface area contributed by atoms with Crippen molar-refractivity contribution >= 4 is 17.8 Å². The number of hydrazone groups is 1. The predicted octanol–water partition coefficient (Wildman–Crippen LogP) is 1.78. The third-order valence-electron chi connectivity index (χ3n) is 3.30. The Bertz CT molecular complexity index is 810. The zero-order valence-corrected chi connectivity index (χ0v) is 14.3. The van der Waals surface area contributed by atoms with Gasteiger partial charge in [-0.25, -0.2) is 10.4 Å². The number of benzene rings is 1. The molecule has 26 heavy (non-hydrogen) atoms. The summed E-state index contributed by atoms with van der Waals surface area (Å²) in [6.45, 7) is 0. The van der Waals surface area contributed by atoms with Crippen molar-refractivity contribution in [3.63, 3.8) is 0 Å². The molecule has 1 heterocycles. The van der Waals surface area contributed by atoms with Crippen molar-refractivity contribution in [3.05, 3.63) is 51.8 Å².